The summed E-state index contributed by atoms with van der Waals surface area (Å²) in [7, 11) is 1.69. The highest BCUT2D eigenvalue weighted by molar-refractivity contribution is 6.10. The molecule has 0 aliphatic carbocycles. The van der Waals surface area contributed by atoms with Crippen molar-refractivity contribution in [3.05, 3.63) is 108 Å². The average Bonchev–Trinajstić information content (AvgIpc) is 3.12. The van der Waals surface area contributed by atoms with Gasteiger partial charge in [-0.1, -0.05) is 66.7 Å². The van der Waals surface area contributed by atoms with Crippen LogP contribution < -0.4 is 4.74 Å². The van der Waals surface area contributed by atoms with Crippen LogP contribution >= 0.6 is 0 Å². The minimum Gasteiger partial charge on any atom is -0.497 e. The fourth-order valence-electron chi connectivity index (χ4n) is 3.86. The lowest BCUT2D eigenvalue weighted by atomic mass is 10.1. The molecule has 0 saturated heterocycles. The molecule has 0 N–H and O–H groups in total. The molecule has 0 amide bonds. The molecule has 5 aromatic rings. The molecule has 0 unspecified atom stereocenters. The van der Waals surface area contributed by atoms with Crippen LogP contribution in [-0.2, 0) is 0 Å². The number of hydrogen-bond acceptors (Lipinski definition) is 1. The van der Waals surface area contributed by atoms with Crippen LogP contribution in [0.2, 0.25) is 0 Å². The van der Waals surface area contributed by atoms with Gasteiger partial charge in [-0.2, -0.15) is 0 Å². The van der Waals surface area contributed by atoms with E-state index in [-0.39, 0.29) is 0 Å². The van der Waals surface area contributed by atoms with E-state index in [4.69, 9.17) is 4.74 Å². The largest absolute Gasteiger partial charge is 0.497 e. The highest BCUT2D eigenvalue weighted by atomic mass is 16.5. The molecule has 0 bridgehead atoms. The minimum atomic E-state index is 0.864. The molecule has 2 nitrogen and oxygen atoms in total. The Hall–Kier alpha value is -3.78. The van der Waals surface area contributed by atoms with Crippen molar-refractivity contribution in [3.8, 4) is 11.4 Å². The number of benzene rings is 4. The first-order valence-electron chi connectivity index (χ1n) is 9.74. The van der Waals surface area contributed by atoms with Gasteiger partial charge in [0.05, 0.1) is 18.1 Å². The monoisotopic (exact) mass is 375 g/mol. The van der Waals surface area contributed by atoms with Crippen molar-refractivity contribution < 1.29 is 4.74 Å². The van der Waals surface area contributed by atoms with Crippen LogP contribution in [0.25, 0.3) is 39.6 Å². The van der Waals surface area contributed by atoms with E-state index in [1.807, 2.05) is 18.2 Å². The molecule has 0 radical (unpaired) electrons. The van der Waals surface area contributed by atoms with Crippen LogP contribution in [0.1, 0.15) is 11.1 Å². The Labute approximate surface area is 170 Å². The van der Waals surface area contributed by atoms with E-state index in [2.05, 4.69) is 95.6 Å². The number of nitrogens with zero attached hydrogens (tertiary/aromatic N) is 1. The molecule has 2 heteroatoms. The van der Waals surface area contributed by atoms with Gasteiger partial charge in [-0.05, 0) is 53.6 Å². The topological polar surface area (TPSA) is 14.2 Å². The number of hydrogen-bond donors (Lipinski definition) is 0. The Balaban J connectivity index is 1.66. The smallest absolute Gasteiger partial charge is 0.119 e. The zero-order chi connectivity index (χ0) is 19.6. The van der Waals surface area contributed by atoms with Gasteiger partial charge in [-0.15, -0.1) is 0 Å². The van der Waals surface area contributed by atoms with Crippen LogP contribution in [0.5, 0.6) is 5.75 Å². The Morgan fingerprint density at radius 2 is 1.31 bits per heavy atom. The zero-order valence-corrected chi connectivity index (χ0v) is 16.2. The number of para-hydroxylation sites is 1. The molecule has 0 aliphatic heterocycles. The molecule has 0 aliphatic rings. The molecule has 140 valence electrons. The minimum absolute atomic E-state index is 0.864. The molecule has 0 fully saturated rings. The van der Waals surface area contributed by atoms with Crippen LogP contribution in [0.3, 0.4) is 0 Å². The summed E-state index contributed by atoms with van der Waals surface area (Å²) < 4.78 is 7.64. The number of aromatic nitrogens is 1. The van der Waals surface area contributed by atoms with Crippen molar-refractivity contribution in [1.82, 2.24) is 4.57 Å². The number of ether oxygens (including phenoxy) is 1. The third-order valence-corrected chi connectivity index (χ3v) is 5.30. The quantitative estimate of drug-likeness (QED) is 0.310. The van der Waals surface area contributed by atoms with Crippen molar-refractivity contribution in [2.75, 3.05) is 7.11 Å². The second kappa shape index (κ2) is 7.33. The first-order chi connectivity index (χ1) is 14.3. The van der Waals surface area contributed by atoms with Crippen LogP contribution in [0.4, 0.5) is 0 Å². The van der Waals surface area contributed by atoms with Crippen molar-refractivity contribution in [2.45, 2.75) is 0 Å². The lowest BCUT2D eigenvalue weighted by molar-refractivity contribution is 0.415. The summed E-state index contributed by atoms with van der Waals surface area (Å²) in [5, 5.41) is 2.51. The Morgan fingerprint density at radius 1 is 0.621 bits per heavy atom. The molecule has 1 heterocycles. The van der Waals surface area contributed by atoms with E-state index in [1.54, 1.807) is 7.11 Å². The third kappa shape index (κ3) is 3.19. The van der Waals surface area contributed by atoms with Crippen LogP contribution in [-0.4, -0.2) is 11.7 Å². The molecule has 1 aromatic heterocycles. The first-order valence-corrected chi connectivity index (χ1v) is 9.74. The molecule has 0 saturated carbocycles. The summed E-state index contributed by atoms with van der Waals surface area (Å²) in [6.45, 7) is 0. The van der Waals surface area contributed by atoms with Gasteiger partial charge < -0.3 is 9.30 Å². The number of rotatable bonds is 4. The van der Waals surface area contributed by atoms with E-state index < -0.39 is 0 Å². The fourth-order valence-corrected chi connectivity index (χ4v) is 3.86. The van der Waals surface area contributed by atoms with E-state index in [0.717, 1.165) is 11.4 Å². The molecule has 0 atom stereocenters. The number of fused-ring (bicyclic) bond motifs is 3. The SMILES string of the molecule is COc1ccc(-n2c3ccccc3c3cc(/C=C/c4ccccc4)ccc32)cc1. The number of methoxy groups -OCH3 is 1. The van der Waals surface area contributed by atoms with Gasteiger partial charge >= 0.3 is 0 Å². The Morgan fingerprint density at radius 3 is 2.10 bits per heavy atom. The average molecular weight is 375 g/mol. The van der Waals surface area contributed by atoms with Crippen molar-refractivity contribution in [2.24, 2.45) is 0 Å². The Kier molecular flexibility index (Phi) is 4.38. The molecular weight excluding hydrogens is 354 g/mol. The molecular formula is C27H21NO. The molecule has 29 heavy (non-hydrogen) atoms. The second-order valence-corrected chi connectivity index (χ2v) is 7.07. The van der Waals surface area contributed by atoms with Gasteiger partial charge in [0.15, 0.2) is 0 Å². The maximum Gasteiger partial charge on any atom is 0.119 e. The summed E-state index contributed by atoms with van der Waals surface area (Å²) in [5.74, 6) is 0.864. The third-order valence-electron chi connectivity index (χ3n) is 5.30. The zero-order valence-electron chi connectivity index (χ0n) is 16.2. The summed E-state index contributed by atoms with van der Waals surface area (Å²) >= 11 is 0. The maximum atomic E-state index is 5.32. The first kappa shape index (κ1) is 17.3. The highest BCUT2D eigenvalue weighted by Crippen LogP contribution is 2.33. The summed E-state index contributed by atoms with van der Waals surface area (Å²) in [5.41, 5.74) is 5.93. The maximum absolute atomic E-state index is 5.32. The summed E-state index contributed by atoms with van der Waals surface area (Å²) in [6, 6.07) is 33.9. The standard InChI is InChI=1S/C27H21NO/c1-29-23-16-14-22(15-17-23)28-26-10-6-5-9-24(26)25-19-21(13-18-27(25)28)12-11-20-7-3-2-4-8-20/h2-19H,1H3/b12-11+. The van der Waals surface area contributed by atoms with Gasteiger partial charge in [-0.3, -0.25) is 0 Å². The predicted molar refractivity (Wildman–Crippen MR) is 123 cm³/mol. The van der Waals surface area contributed by atoms with Crippen molar-refractivity contribution >= 4 is 34.0 Å². The van der Waals surface area contributed by atoms with Crippen molar-refractivity contribution in [3.63, 3.8) is 0 Å². The van der Waals surface area contributed by atoms with E-state index >= 15 is 0 Å². The van der Waals surface area contributed by atoms with E-state index in [0.29, 0.717) is 0 Å². The summed E-state index contributed by atoms with van der Waals surface area (Å²) in [4.78, 5) is 0. The van der Waals surface area contributed by atoms with Crippen molar-refractivity contribution in [1.29, 1.82) is 0 Å². The molecule has 5 rings (SSSR count). The predicted octanol–water partition coefficient (Wildman–Crippen LogP) is 6.96. The fraction of sp³-hybridized carbons (Fsp3) is 0.0370. The molecule has 0 spiro atoms. The van der Waals surface area contributed by atoms with Gasteiger partial charge in [0.2, 0.25) is 0 Å². The van der Waals surface area contributed by atoms with Crippen LogP contribution in [0.15, 0.2) is 97.1 Å². The van der Waals surface area contributed by atoms with Crippen LogP contribution in [0, 0.1) is 0 Å². The van der Waals surface area contributed by atoms with E-state index in [9.17, 15) is 0 Å². The lowest BCUT2D eigenvalue weighted by Gasteiger charge is -2.09. The lowest BCUT2D eigenvalue weighted by Crippen LogP contribution is -1.93. The van der Waals surface area contributed by atoms with Gasteiger partial charge in [-0.25, -0.2) is 0 Å². The second-order valence-electron chi connectivity index (χ2n) is 7.07. The van der Waals surface area contributed by atoms with Gasteiger partial charge in [0.1, 0.15) is 5.75 Å². The summed E-state index contributed by atoms with van der Waals surface area (Å²) in [6.07, 6.45) is 4.33. The van der Waals surface area contributed by atoms with Gasteiger partial charge in [0.25, 0.3) is 0 Å². The molecule has 4 aromatic carbocycles. The van der Waals surface area contributed by atoms with Gasteiger partial charge in [0, 0.05) is 16.5 Å². The highest BCUT2D eigenvalue weighted by Gasteiger charge is 2.12. The normalized spacial score (nSPS) is 11.5. The van der Waals surface area contributed by atoms with E-state index in [1.165, 1.54) is 32.9 Å². The Bertz CT molecular complexity index is 1310.